The summed E-state index contributed by atoms with van der Waals surface area (Å²) in [5.41, 5.74) is 3.07. The Balaban J connectivity index is 1.57. The molecule has 0 aliphatic rings. The van der Waals surface area contributed by atoms with E-state index in [4.69, 9.17) is 9.47 Å². The number of nitrogens with one attached hydrogen (secondary N) is 1. The van der Waals surface area contributed by atoms with Gasteiger partial charge in [0, 0.05) is 13.1 Å². The lowest BCUT2D eigenvalue weighted by atomic mass is 10.1. The molecule has 4 heteroatoms. The Bertz CT molecular complexity index is 822. The maximum absolute atomic E-state index is 10.5. The number of methoxy groups -OCH3 is 1. The van der Waals surface area contributed by atoms with Gasteiger partial charge in [-0.25, -0.2) is 0 Å². The third-order valence-corrected chi connectivity index (χ3v) is 4.32. The standard InChI is InChI=1S/C23H25NO3/c1-26-23-14-20(21(25)16-24-15-18-8-4-2-5-9-18)12-13-22(23)27-17-19-10-6-3-7-11-19/h2-14,21,24-25H,15-17H2,1H3. The highest BCUT2D eigenvalue weighted by Crippen LogP contribution is 2.31. The molecule has 3 aromatic carbocycles. The molecule has 27 heavy (non-hydrogen) atoms. The summed E-state index contributed by atoms with van der Waals surface area (Å²) < 4.78 is 11.3. The van der Waals surface area contributed by atoms with E-state index in [1.807, 2.05) is 66.7 Å². The molecule has 0 heterocycles. The van der Waals surface area contributed by atoms with Crippen molar-refractivity contribution in [2.45, 2.75) is 19.3 Å². The van der Waals surface area contributed by atoms with Crippen molar-refractivity contribution in [2.75, 3.05) is 13.7 Å². The number of aliphatic hydroxyl groups excluding tert-OH is 1. The number of hydrogen-bond donors (Lipinski definition) is 2. The Morgan fingerprint density at radius 3 is 2.19 bits per heavy atom. The summed E-state index contributed by atoms with van der Waals surface area (Å²) >= 11 is 0. The summed E-state index contributed by atoms with van der Waals surface area (Å²) in [6.07, 6.45) is -0.620. The number of rotatable bonds is 9. The van der Waals surface area contributed by atoms with Crippen molar-refractivity contribution < 1.29 is 14.6 Å². The predicted octanol–water partition coefficient (Wildman–Crippen LogP) is 4.10. The molecule has 0 aliphatic carbocycles. The van der Waals surface area contributed by atoms with Gasteiger partial charge in [0.25, 0.3) is 0 Å². The smallest absolute Gasteiger partial charge is 0.161 e. The van der Waals surface area contributed by atoms with E-state index < -0.39 is 6.10 Å². The van der Waals surface area contributed by atoms with Crippen LogP contribution in [0, 0.1) is 0 Å². The monoisotopic (exact) mass is 363 g/mol. The Morgan fingerprint density at radius 1 is 0.852 bits per heavy atom. The Hall–Kier alpha value is -2.82. The van der Waals surface area contributed by atoms with Crippen molar-refractivity contribution in [3.05, 3.63) is 95.6 Å². The van der Waals surface area contributed by atoms with Crippen LogP contribution in [0.2, 0.25) is 0 Å². The molecular weight excluding hydrogens is 338 g/mol. The van der Waals surface area contributed by atoms with Gasteiger partial charge in [-0.2, -0.15) is 0 Å². The Labute approximate surface area is 160 Å². The molecule has 0 saturated heterocycles. The molecule has 0 bridgehead atoms. The van der Waals surface area contributed by atoms with Crippen molar-refractivity contribution in [1.29, 1.82) is 0 Å². The maximum atomic E-state index is 10.5. The van der Waals surface area contributed by atoms with Crippen LogP contribution in [-0.2, 0) is 13.2 Å². The fourth-order valence-electron chi connectivity index (χ4n) is 2.81. The topological polar surface area (TPSA) is 50.7 Å². The fourth-order valence-corrected chi connectivity index (χ4v) is 2.81. The highest BCUT2D eigenvalue weighted by Gasteiger charge is 2.12. The van der Waals surface area contributed by atoms with Crippen molar-refractivity contribution in [3.8, 4) is 11.5 Å². The molecule has 1 unspecified atom stereocenters. The zero-order valence-electron chi connectivity index (χ0n) is 15.5. The zero-order valence-corrected chi connectivity index (χ0v) is 15.5. The second kappa shape index (κ2) is 9.76. The molecular formula is C23H25NO3. The van der Waals surface area contributed by atoms with Gasteiger partial charge in [-0.15, -0.1) is 0 Å². The molecule has 0 fully saturated rings. The van der Waals surface area contributed by atoms with Crippen LogP contribution < -0.4 is 14.8 Å². The molecule has 1 atom stereocenters. The first-order valence-corrected chi connectivity index (χ1v) is 9.03. The van der Waals surface area contributed by atoms with Crippen LogP contribution in [0.1, 0.15) is 22.8 Å². The summed E-state index contributed by atoms with van der Waals surface area (Å²) in [6, 6.07) is 25.6. The third kappa shape index (κ3) is 5.58. The van der Waals surface area contributed by atoms with Crippen molar-refractivity contribution in [1.82, 2.24) is 5.32 Å². The van der Waals surface area contributed by atoms with E-state index in [-0.39, 0.29) is 0 Å². The minimum Gasteiger partial charge on any atom is -0.493 e. The molecule has 4 nitrogen and oxygen atoms in total. The summed E-state index contributed by atoms with van der Waals surface area (Å²) in [5, 5.41) is 13.7. The highest BCUT2D eigenvalue weighted by atomic mass is 16.5. The number of benzene rings is 3. The van der Waals surface area contributed by atoms with Crippen molar-refractivity contribution in [3.63, 3.8) is 0 Å². The summed E-state index contributed by atoms with van der Waals surface area (Å²) in [5.74, 6) is 1.28. The van der Waals surface area contributed by atoms with Gasteiger partial charge in [0.2, 0.25) is 0 Å². The van der Waals surface area contributed by atoms with E-state index in [1.54, 1.807) is 7.11 Å². The van der Waals surface area contributed by atoms with Crippen LogP contribution in [0.25, 0.3) is 0 Å². The third-order valence-electron chi connectivity index (χ3n) is 4.32. The van der Waals surface area contributed by atoms with E-state index >= 15 is 0 Å². The zero-order chi connectivity index (χ0) is 18.9. The van der Waals surface area contributed by atoms with Crippen molar-refractivity contribution in [2.24, 2.45) is 0 Å². The summed E-state index contributed by atoms with van der Waals surface area (Å²) in [4.78, 5) is 0. The average molecular weight is 363 g/mol. The lowest BCUT2D eigenvalue weighted by Gasteiger charge is -2.16. The lowest BCUT2D eigenvalue weighted by molar-refractivity contribution is 0.173. The van der Waals surface area contributed by atoms with Crippen LogP contribution in [0.3, 0.4) is 0 Å². The minimum atomic E-state index is -0.620. The Kier molecular flexibility index (Phi) is 6.85. The average Bonchev–Trinajstić information content (AvgIpc) is 2.73. The van der Waals surface area contributed by atoms with Gasteiger partial charge < -0.3 is 19.9 Å². The maximum Gasteiger partial charge on any atom is 0.161 e. The van der Waals surface area contributed by atoms with Gasteiger partial charge in [-0.1, -0.05) is 66.7 Å². The van der Waals surface area contributed by atoms with Crippen LogP contribution >= 0.6 is 0 Å². The first kappa shape index (κ1) is 19.0. The molecule has 0 amide bonds. The van der Waals surface area contributed by atoms with E-state index in [9.17, 15) is 5.11 Å². The van der Waals surface area contributed by atoms with Crippen LogP contribution in [0.15, 0.2) is 78.9 Å². The first-order chi connectivity index (χ1) is 13.3. The fraction of sp³-hybridized carbons (Fsp3) is 0.217. The van der Waals surface area contributed by atoms with E-state index in [0.717, 1.165) is 11.1 Å². The first-order valence-electron chi connectivity index (χ1n) is 9.03. The van der Waals surface area contributed by atoms with Crippen LogP contribution in [-0.4, -0.2) is 18.8 Å². The lowest BCUT2D eigenvalue weighted by Crippen LogP contribution is -2.21. The SMILES string of the molecule is COc1cc(C(O)CNCc2ccccc2)ccc1OCc1ccccc1. The second-order valence-electron chi connectivity index (χ2n) is 6.32. The van der Waals surface area contributed by atoms with Gasteiger partial charge in [-0.05, 0) is 28.8 Å². The minimum absolute atomic E-state index is 0.461. The molecule has 0 radical (unpaired) electrons. The number of hydrogen-bond acceptors (Lipinski definition) is 4. The van der Waals surface area contributed by atoms with E-state index in [2.05, 4.69) is 17.4 Å². The van der Waals surface area contributed by atoms with Gasteiger partial charge in [0.05, 0.1) is 13.2 Å². The molecule has 0 aliphatic heterocycles. The molecule has 140 valence electrons. The van der Waals surface area contributed by atoms with E-state index in [1.165, 1.54) is 5.56 Å². The predicted molar refractivity (Wildman–Crippen MR) is 107 cm³/mol. The number of aliphatic hydroxyl groups is 1. The van der Waals surface area contributed by atoms with Gasteiger partial charge in [-0.3, -0.25) is 0 Å². The van der Waals surface area contributed by atoms with Crippen LogP contribution in [0.5, 0.6) is 11.5 Å². The van der Waals surface area contributed by atoms with E-state index in [0.29, 0.717) is 31.2 Å². The quantitative estimate of drug-likeness (QED) is 0.601. The van der Waals surface area contributed by atoms with Crippen molar-refractivity contribution >= 4 is 0 Å². The van der Waals surface area contributed by atoms with Gasteiger partial charge >= 0.3 is 0 Å². The number of ether oxygens (including phenoxy) is 2. The van der Waals surface area contributed by atoms with Gasteiger partial charge in [0.15, 0.2) is 11.5 Å². The molecule has 0 aromatic heterocycles. The summed E-state index contributed by atoms with van der Waals surface area (Å²) in [6.45, 7) is 1.65. The van der Waals surface area contributed by atoms with Crippen LogP contribution in [0.4, 0.5) is 0 Å². The van der Waals surface area contributed by atoms with Gasteiger partial charge in [0.1, 0.15) is 6.61 Å². The molecule has 2 N–H and O–H groups in total. The normalized spacial score (nSPS) is 11.8. The molecule has 3 rings (SSSR count). The Morgan fingerprint density at radius 2 is 1.52 bits per heavy atom. The molecule has 0 saturated carbocycles. The molecule has 3 aromatic rings. The molecule has 0 spiro atoms. The summed E-state index contributed by atoms with van der Waals surface area (Å²) in [7, 11) is 1.61. The highest BCUT2D eigenvalue weighted by molar-refractivity contribution is 5.43. The second-order valence-corrected chi connectivity index (χ2v) is 6.32. The largest absolute Gasteiger partial charge is 0.493 e.